The first-order valence-corrected chi connectivity index (χ1v) is 9.54. The van der Waals surface area contributed by atoms with Crippen molar-refractivity contribution in [1.29, 1.82) is 0 Å². The Morgan fingerprint density at radius 2 is 1.70 bits per heavy atom. The van der Waals surface area contributed by atoms with Gasteiger partial charge in [-0.25, -0.2) is 4.79 Å². The van der Waals surface area contributed by atoms with Gasteiger partial charge in [-0.15, -0.1) is 0 Å². The molecule has 0 bridgehead atoms. The Morgan fingerprint density at radius 3 is 2.41 bits per heavy atom. The first-order valence-electron chi connectivity index (χ1n) is 9.54. The van der Waals surface area contributed by atoms with Gasteiger partial charge >= 0.3 is 6.03 Å². The lowest BCUT2D eigenvalue weighted by Gasteiger charge is -2.26. The second-order valence-electron chi connectivity index (χ2n) is 7.26. The number of hydrogen-bond donors (Lipinski definition) is 1. The minimum atomic E-state index is -0.323. The third-order valence-electron chi connectivity index (χ3n) is 5.13. The maximum atomic E-state index is 11.7. The van der Waals surface area contributed by atoms with Crippen LogP contribution in [0.25, 0.3) is 11.3 Å². The summed E-state index contributed by atoms with van der Waals surface area (Å²) in [7, 11) is 0. The molecular weight excluding hydrogens is 340 g/mol. The Balaban J connectivity index is 1.43. The summed E-state index contributed by atoms with van der Waals surface area (Å²) in [6.45, 7) is 3.78. The van der Waals surface area contributed by atoms with E-state index in [0.717, 1.165) is 42.1 Å². The summed E-state index contributed by atoms with van der Waals surface area (Å²) in [6, 6.07) is 13.9. The zero-order valence-electron chi connectivity index (χ0n) is 15.4. The van der Waals surface area contributed by atoms with Crippen molar-refractivity contribution < 1.29 is 9.59 Å². The number of rotatable bonds is 5. The topological polar surface area (TPSA) is 65.5 Å². The number of benzene rings is 1. The van der Waals surface area contributed by atoms with E-state index >= 15 is 0 Å². The molecule has 0 atom stereocenters. The quantitative estimate of drug-likeness (QED) is 0.829. The molecule has 1 N–H and O–H groups in total. The zero-order valence-corrected chi connectivity index (χ0v) is 15.4. The monoisotopic (exact) mass is 364 g/mol. The summed E-state index contributed by atoms with van der Waals surface area (Å²) < 4.78 is 0. The number of nitrogens with one attached hydrogen (secondary N) is 1. The Hall–Kier alpha value is -2.73. The number of carbonyl (C=O) groups excluding carboxylic acids is 2. The minimum absolute atomic E-state index is 0.126. The summed E-state index contributed by atoms with van der Waals surface area (Å²) in [5, 5.41) is 2.30. The molecule has 2 fully saturated rings. The first-order chi connectivity index (χ1) is 13.2. The van der Waals surface area contributed by atoms with Crippen LogP contribution in [0.4, 0.5) is 4.79 Å². The van der Waals surface area contributed by atoms with E-state index in [1.54, 1.807) is 0 Å². The van der Waals surface area contributed by atoms with Crippen molar-refractivity contribution in [2.75, 3.05) is 19.6 Å². The van der Waals surface area contributed by atoms with E-state index in [0.29, 0.717) is 6.54 Å². The van der Waals surface area contributed by atoms with Crippen molar-refractivity contribution in [2.45, 2.75) is 32.4 Å². The highest BCUT2D eigenvalue weighted by molar-refractivity contribution is 6.01. The predicted octanol–water partition coefficient (Wildman–Crippen LogP) is 2.79. The fourth-order valence-corrected chi connectivity index (χ4v) is 3.69. The third-order valence-corrected chi connectivity index (χ3v) is 5.13. The fraction of sp³-hybridized carbons (Fsp3) is 0.381. The Labute approximate surface area is 159 Å². The van der Waals surface area contributed by atoms with E-state index in [-0.39, 0.29) is 18.5 Å². The van der Waals surface area contributed by atoms with Gasteiger partial charge in [-0.2, -0.15) is 0 Å². The molecule has 6 heteroatoms. The van der Waals surface area contributed by atoms with Crippen LogP contribution < -0.4 is 5.32 Å². The normalized spacial score (nSPS) is 18.0. The molecule has 4 rings (SSSR count). The van der Waals surface area contributed by atoms with Crippen LogP contribution in [0.1, 0.15) is 30.5 Å². The number of hydrogen-bond acceptors (Lipinski definition) is 4. The van der Waals surface area contributed by atoms with Crippen molar-refractivity contribution >= 4 is 11.9 Å². The molecule has 0 radical (unpaired) electrons. The van der Waals surface area contributed by atoms with Crippen LogP contribution in [0.2, 0.25) is 0 Å². The standard InChI is InChI=1S/C21H24N4O2/c26-20-15-25(21(27)23-20)13-16-7-9-17(10-8-16)19-6-4-5-18(22-19)14-24-11-2-1-3-12-24/h4-10H,1-3,11-15H2,(H,23,26,27). The van der Waals surface area contributed by atoms with Crippen molar-refractivity contribution in [3.05, 3.63) is 53.7 Å². The molecule has 3 amide bonds. The largest absolute Gasteiger partial charge is 0.324 e. The summed E-state index contributed by atoms with van der Waals surface area (Å²) in [5.41, 5.74) is 4.12. The zero-order chi connectivity index (χ0) is 18.6. The van der Waals surface area contributed by atoms with Crippen LogP contribution in [0, 0.1) is 0 Å². The fourth-order valence-electron chi connectivity index (χ4n) is 3.69. The van der Waals surface area contributed by atoms with E-state index in [1.807, 2.05) is 30.3 Å². The van der Waals surface area contributed by atoms with Gasteiger partial charge in [0.15, 0.2) is 0 Å². The van der Waals surface area contributed by atoms with Crippen molar-refractivity contribution in [1.82, 2.24) is 20.1 Å². The number of imide groups is 1. The number of piperidine rings is 1. The smallest absolute Gasteiger partial charge is 0.311 e. The molecule has 2 aliphatic heterocycles. The lowest BCUT2D eigenvalue weighted by Crippen LogP contribution is -2.29. The molecule has 1 aromatic carbocycles. The van der Waals surface area contributed by atoms with Gasteiger partial charge in [-0.3, -0.25) is 20.0 Å². The predicted molar refractivity (Wildman–Crippen MR) is 103 cm³/mol. The molecule has 3 heterocycles. The SMILES string of the molecule is O=C1CN(Cc2ccc(-c3cccc(CN4CCCCC4)n3)cc2)C(=O)N1. The van der Waals surface area contributed by atoms with Gasteiger partial charge < -0.3 is 4.90 Å². The highest BCUT2D eigenvalue weighted by Gasteiger charge is 2.26. The lowest BCUT2D eigenvalue weighted by atomic mass is 10.1. The Morgan fingerprint density at radius 1 is 0.926 bits per heavy atom. The summed E-state index contributed by atoms with van der Waals surface area (Å²) in [6.07, 6.45) is 3.90. The van der Waals surface area contributed by atoms with Crippen LogP contribution in [0.3, 0.4) is 0 Å². The van der Waals surface area contributed by atoms with Crippen molar-refractivity contribution in [2.24, 2.45) is 0 Å². The van der Waals surface area contributed by atoms with Gasteiger partial charge in [0, 0.05) is 18.7 Å². The third kappa shape index (κ3) is 4.34. The second-order valence-corrected chi connectivity index (χ2v) is 7.26. The number of pyridine rings is 1. The summed E-state index contributed by atoms with van der Waals surface area (Å²) in [5.74, 6) is -0.244. The number of aromatic nitrogens is 1. The number of amides is 3. The molecule has 2 saturated heterocycles. The van der Waals surface area contributed by atoms with Crippen LogP contribution in [-0.4, -0.2) is 46.4 Å². The maximum Gasteiger partial charge on any atom is 0.324 e. The molecule has 0 spiro atoms. The van der Waals surface area contributed by atoms with E-state index in [4.69, 9.17) is 4.98 Å². The van der Waals surface area contributed by atoms with Gasteiger partial charge in [0.05, 0.1) is 11.4 Å². The van der Waals surface area contributed by atoms with Gasteiger partial charge in [-0.1, -0.05) is 36.8 Å². The van der Waals surface area contributed by atoms with Crippen LogP contribution in [-0.2, 0) is 17.9 Å². The summed E-state index contributed by atoms with van der Waals surface area (Å²) in [4.78, 5) is 31.8. The molecule has 0 aliphatic carbocycles. The van der Waals surface area contributed by atoms with Crippen molar-refractivity contribution in [3.8, 4) is 11.3 Å². The maximum absolute atomic E-state index is 11.7. The minimum Gasteiger partial charge on any atom is -0.311 e. The van der Waals surface area contributed by atoms with Crippen LogP contribution >= 0.6 is 0 Å². The Bertz CT molecular complexity index is 828. The first kappa shape index (κ1) is 17.7. The van der Waals surface area contributed by atoms with Gasteiger partial charge in [0.2, 0.25) is 5.91 Å². The van der Waals surface area contributed by atoms with E-state index in [1.165, 1.54) is 24.2 Å². The highest BCUT2D eigenvalue weighted by atomic mass is 16.2. The second kappa shape index (κ2) is 7.88. The average molecular weight is 364 g/mol. The molecule has 0 saturated carbocycles. The number of likely N-dealkylation sites (tertiary alicyclic amines) is 1. The molecule has 0 unspecified atom stereocenters. The molecule has 140 valence electrons. The number of nitrogens with zero attached hydrogens (tertiary/aromatic N) is 3. The average Bonchev–Trinajstić information content (AvgIpc) is 3.00. The number of urea groups is 1. The summed E-state index contributed by atoms with van der Waals surface area (Å²) >= 11 is 0. The lowest BCUT2D eigenvalue weighted by molar-refractivity contribution is -0.118. The van der Waals surface area contributed by atoms with Gasteiger partial charge in [0.1, 0.15) is 6.54 Å². The molecule has 2 aromatic rings. The van der Waals surface area contributed by atoms with E-state index in [9.17, 15) is 9.59 Å². The van der Waals surface area contributed by atoms with E-state index in [2.05, 4.69) is 22.3 Å². The molecule has 1 aromatic heterocycles. The van der Waals surface area contributed by atoms with E-state index < -0.39 is 0 Å². The molecule has 27 heavy (non-hydrogen) atoms. The molecule has 2 aliphatic rings. The van der Waals surface area contributed by atoms with Crippen molar-refractivity contribution in [3.63, 3.8) is 0 Å². The highest BCUT2D eigenvalue weighted by Crippen LogP contribution is 2.20. The van der Waals surface area contributed by atoms with Crippen LogP contribution in [0.15, 0.2) is 42.5 Å². The van der Waals surface area contributed by atoms with Crippen LogP contribution in [0.5, 0.6) is 0 Å². The number of carbonyl (C=O) groups is 2. The molecule has 6 nitrogen and oxygen atoms in total. The van der Waals surface area contributed by atoms with Gasteiger partial charge in [0.25, 0.3) is 0 Å². The molecular formula is C21H24N4O2. The van der Waals surface area contributed by atoms with Gasteiger partial charge in [-0.05, 0) is 43.6 Å². The Kier molecular flexibility index (Phi) is 5.16.